The Labute approximate surface area is 249 Å². The second-order valence-corrected chi connectivity index (χ2v) is 14.8. The van der Waals surface area contributed by atoms with Crippen LogP contribution in [0.5, 0.6) is 11.5 Å². The van der Waals surface area contributed by atoms with Gasteiger partial charge in [0, 0.05) is 31.9 Å². The van der Waals surface area contributed by atoms with Gasteiger partial charge in [-0.05, 0) is 94.0 Å². The van der Waals surface area contributed by atoms with Crippen LogP contribution in [0.1, 0.15) is 48.0 Å². The molecule has 3 aliphatic rings. The number of piperidine rings is 1. The highest BCUT2D eigenvalue weighted by molar-refractivity contribution is 7.91. The third kappa shape index (κ3) is 7.87. The lowest BCUT2D eigenvalue weighted by atomic mass is 9.73. The zero-order valence-corrected chi connectivity index (χ0v) is 26.2. The van der Waals surface area contributed by atoms with Gasteiger partial charge in [0.15, 0.2) is 9.84 Å². The van der Waals surface area contributed by atoms with Crippen molar-refractivity contribution in [3.63, 3.8) is 0 Å². The molecule has 2 atom stereocenters. The zero-order valence-electron chi connectivity index (χ0n) is 25.4. The van der Waals surface area contributed by atoms with Crippen LogP contribution in [0.15, 0.2) is 53.4 Å². The summed E-state index contributed by atoms with van der Waals surface area (Å²) >= 11 is 0. The third-order valence-electron chi connectivity index (χ3n) is 7.58. The maximum Gasteiger partial charge on any atom is 0.415 e. The number of sulfone groups is 1. The first-order chi connectivity index (χ1) is 19.7. The van der Waals surface area contributed by atoms with Crippen molar-refractivity contribution in [1.82, 2.24) is 10.2 Å². The van der Waals surface area contributed by atoms with Gasteiger partial charge in [0.2, 0.25) is 0 Å². The van der Waals surface area contributed by atoms with E-state index in [1.54, 1.807) is 25.7 Å². The Hall–Kier alpha value is -3.47. The molecule has 3 heterocycles. The Kier molecular flexibility index (Phi) is 9.30. The minimum atomic E-state index is -3.66. The maximum absolute atomic E-state index is 13.3. The van der Waals surface area contributed by atoms with Crippen LogP contribution < -0.4 is 19.7 Å². The fourth-order valence-electron chi connectivity index (χ4n) is 5.77. The lowest BCUT2D eigenvalue weighted by Crippen LogP contribution is -2.54. The van der Waals surface area contributed by atoms with Crippen molar-refractivity contribution in [1.29, 1.82) is 0 Å². The van der Waals surface area contributed by atoms with Gasteiger partial charge in [-0.3, -0.25) is 0 Å². The third-order valence-corrected chi connectivity index (χ3v) is 9.32. The molecule has 10 nitrogen and oxygen atoms in total. The van der Waals surface area contributed by atoms with Gasteiger partial charge in [0.1, 0.15) is 17.1 Å². The largest absolute Gasteiger partial charge is 0.494 e. The van der Waals surface area contributed by atoms with E-state index in [0.717, 1.165) is 24.4 Å². The SMILES string of the molecule is CCOc1ccc(N2C[C@H]3CN(C(=O)Oc4ccc(S(=O)(=O)CCNC(=O)OC(C)(C)C)cc4)C[C@@H]2C(C)(C)C3)cc1. The molecule has 0 aliphatic carbocycles. The van der Waals surface area contributed by atoms with Crippen molar-refractivity contribution in [2.45, 2.75) is 64.5 Å². The summed E-state index contributed by atoms with van der Waals surface area (Å²) in [6.07, 6.45) is -0.120. The molecule has 230 valence electrons. The van der Waals surface area contributed by atoms with E-state index < -0.39 is 27.6 Å². The number of alkyl carbamates (subject to hydrolysis) is 1. The number of benzene rings is 2. The van der Waals surface area contributed by atoms with Crippen LogP contribution in [0.4, 0.5) is 15.3 Å². The molecule has 0 unspecified atom stereocenters. The average Bonchev–Trinajstić information content (AvgIpc) is 3.16. The summed E-state index contributed by atoms with van der Waals surface area (Å²) in [6.45, 7) is 14.1. The topological polar surface area (TPSA) is 114 Å². The van der Waals surface area contributed by atoms with Crippen molar-refractivity contribution in [2.24, 2.45) is 11.3 Å². The van der Waals surface area contributed by atoms with Crippen LogP contribution in [-0.2, 0) is 14.6 Å². The van der Waals surface area contributed by atoms with E-state index >= 15 is 0 Å². The molecule has 0 aromatic heterocycles. The molecule has 2 amide bonds. The first-order valence-corrected chi connectivity index (χ1v) is 16.1. The monoisotopic (exact) mass is 601 g/mol. The van der Waals surface area contributed by atoms with E-state index in [9.17, 15) is 18.0 Å². The fraction of sp³-hybridized carbons (Fsp3) is 0.548. The first-order valence-electron chi connectivity index (χ1n) is 14.4. The molecule has 0 radical (unpaired) electrons. The summed E-state index contributed by atoms with van der Waals surface area (Å²) in [5.74, 6) is 1.09. The molecule has 2 bridgehead atoms. The molecule has 5 rings (SSSR count). The van der Waals surface area contributed by atoms with E-state index in [1.807, 2.05) is 19.1 Å². The Morgan fingerprint density at radius 3 is 2.24 bits per heavy atom. The van der Waals surface area contributed by atoms with Gasteiger partial charge < -0.3 is 29.3 Å². The number of fused-ring (bicyclic) bond motifs is 4. The van der Waals surface area contributed by atoms with E-state index in [-0.39, 0.29) is 40.3 Å². The standard InChI is InChI=1S/C31H43N3O7S/c1-7-39-24-10-8-23(9-11-24)34-20-22-18-31(5,6)27(34)21-33(19-22)29(36)40-25-12-14-26(15-13-25)42(37,38)17-16-32-28(35)41-30(2,3)4/h8-15,22,27H,7,16-21H2,1-6H3,(H,32,35)/t22-,27-/m1/s1. The summed E-state index contributed by atoms with van der Waals surface area (Å²) in [4.78, 5) is 29.3. The number of nitrogens with one attached hydrogen (secondary N) is 1. The number of rotatable bonds is 8. The first kappa shape index (κ1) is 31.5. The average molecular weight is 602 g/mol. The van der Waals surface area contributed by atoms with Gasteiger partial charge in [0.05, 0.1) is 23.3 Å². The molecular formula is C31H43N3O7S. The molecule has 2 aromatic rings. The van der Waals surface area contributed by atoms with Gasteiger partial charge in [-0.1, -0.05) is 13.8 Å². The van der Waals surface area contributed by atoms with Crippen LogP contribution in [0.3, 0.4) is 0 Å². The summed E-state index contributed by atoms with van der Waals surface area (Å²) < 4.78 is 41.9. The zero-order chi connectivity index (χ0) is 30.7. The van der Waals surface area contributed by atoms with E-state index in [0.29, 0.717) is 19.7 Å². The molecule has 3 fully saturated rings. The number of hydrogen-bond donors (Lipinski definition) is 1. The quantitative estimate of drug-likeness (QED) is 0.444. The minimum absolute atomic E-state index is 0.00904. The molecule has 1 N–H and O–H groups in total. The molecule has 42 heavy (non-hydrogen) atoms. The highest BCUT2D eigenvalue weighted by Gasteiger charge is 2.47. The predicted octanol–water partition coefficient (Wildman–Crippen LogP) is 5.12. The van der Waals surface area contributed by atoms with E-state index in [1.165, 1.54) is 24.3 Å². The van der Waals surface area contributed by atoms with Gasteiger partial charge in [-0.25, -0.2) is 18.0 Å². The van der Waals surface area contributed by atoms with Gasteiger partial charge in [0.25, 0.3) is 0 Å². The Morgan fingerprint density at radius 2 is 1.62 bits per heavy atom. The van der Waals surface area contributed by atoms with Crippen molar-refractivity contribution >= 4 is 27.7 Å². The van der Waals surface area contributed by atoms with Crippen molar-refractivity contribution in [3.8, 4) is 11.5 Å². The lowest BCUT2D eigenvalue weighted by molar-refractivity contribution is 0.0531. The molecule has 11 heteroatoms. The molecule has 0 spiro atoms. The van der Waals surface area contributed by atoms with E-state index in [4.69, 9.17) is 14.2 Å². The number of ether oxygens (including phenoxy) is 3. The Bertz CT molecular complexity index is 1350. The number of anilines is 1. The summed E-state index contributed by atoms with van der Waals surface area (Å²) in [5.41, 5.74) is 0.425. The Balaban J connectivity index is 1.37. The fourth-order valence-corrected chi connectivity index (χ4v) is 6.93. The number of amides is 2. The van der Waals surface area contributed by atoms with Crippen molar-refractivity contribution in [3.05, 3.63) is 48.5 Å². The van der Waals surface area contributed by atoms with Crippen molar-refractivity contribution in [2.75, 3.05) is 43.4 Å². The predicted molar refractivity (Wildman–Crippen MR) is 161 cm³/mol. The molecule has 2 aromatic carbocycles. The smallest absolute Gasteiger partial charge is 0.415 e. The van der Waals surface area contributed by atoms with Gasteiger partial charge >= 0.3 is 12.2 Å². The molecule has 3 aliphatic heterocycles. The number of nitrogens with zero attached hydrogens (tertiary/aromatic N) is 2. The van der Waals surface area contributed by atoms with E-state index in [2.05, 4.69) is 36.2 Å². The van der Waals surface area contributed by atoms with Crippen LogP contribution >= 0.6 is 0 Å². The molecule has 0 saturated carbocycles. The van der Waals surface area contributed by atoms with Gasteiger partial charge in [-0.2, -0.15) is 0 Å². The van der Waals surface area contributed by atoms with Crippen LogP contribution in [-0.4, -0.2) is 75.7 Å². The Morgan fingerprint density at radius 1 is 0.976 bits per heavy atom. The molecule has 3 saturated heterocycles. The summed E-state index contributed by atoms with van der Waals surface area (Å²) in [7, 11) is -3.66. The number of carbonyl (C=O) groups excluding carboxylic acids is 2. The van der Waals surface area contributed by atoms with Crippen molar-refractivity contribution < 1.29 is 32.2 Å². The summed E-state index contributed by atoms with van der Waals surface area (Å²) in [5, 5.41) is 2.46. The second-order valence-electron chi connectivity index (χ2n) is 12.6. The summed E-state index contributed by atoms with van der Waals surface area (Å²) in [6, 6.07) is 14.0. The van der Waals surface area contributed by atoms with Crippen LogP contribution in [0.2, 0.25) is 0 Å². The van der Waals surface area contributed by atoms with Gasteiger partial charge in [-0.15, -0.1) is 0 Å². The number of carbonyl (C=O) groups is 2. The number of hydrogen-bond acceptors (Lipinski definition) is 8. The second kappa shape index (κ2) is 12.4. The lowest BCUT2D eigenvalue weighted by Gasteiger charge is -2.48. The minimum Gasteiger partial charge on any atom is -0.494 e. The molecular weight excluding hydrogens is 558 g/mol. The normalized spacial score (nSPS) is 20.0. The van der Waals surface area contributed by atoms with Crippen LogP contribution in [0, 0.1) is 11.3 Å². The highest BCUT2D eigenvalue weighted by atomic mass is 32.2. The van der Waals surface area contributed by atoms with Crippen LogP contribution in [0.25, 0.3) is 0 Å². The maximum atomic E-state index is 13.3. The highest BCUT2D eigenvalue weighted by Crippen LogP contribution is 2.43.